The van der Waals surface area contributed by atoms with E-state index in [0.717, 1.165) is 5.56 Å². The third kappa shape index (κ3) is 2.35. The summed E-state index contributed by atoms with van der Waals surface area (Å²) in [4.78, 5) is 14.0. The second kappa shape index (κ2) is 5.09. The number of aromatic nitrogens is 3. The van der Waals surface area contributed by atoms with Crippen molar-refractivity contribution >= 4 is 5.82 Å². The molecule has 1 N–H and O–H groups in total. The van der Waals surface area contributed by atoms with Gasteiger partial charge in [0, 0.05) is 17.2 Å². The molecule has 0 bridgehead atoms. The van der Waals surface area contributed by atoms with Gasteiger partial charge in [0.05, 0.1) is 11.4 Å². The smallest absolute Gasteiger partial charge is 0.364 e. The molecule has 0 saturated heterocycles. The molecular formula is C15H10N4O4. The normalized spacial score (nSPS) is 12.3. The molecule has 8 nitrogen and oxygen atoms in total. The first-order valence-corrected chi connectivity index (χ1v) is 6.77. The van der Waals surface area contributed by atoms with Crippen molar-refractivity contribution in [2.75, 3.05) is 6.79 Å². The maximum Gasteiger partial charge on any atom is 0.364 e. The van der Waals surface area contributed by atoms with Gasteiger partial charge in [-0.25, -0.2) is 0 Å². The van der Waals surface area contributed by atoms with Crippen LogP contribution in [0, 0.1) is 10.1 Å². The number of nitro groups is 1. The van der Waals surface area contributed by atoms with E-state index in [1.807, 2.05) is 24.3 Å². The minimum Gasteiger partial charge on any atom is -0.454 e. The summed E-state index contributed by atoms with van der Waals surface area (Å²) < 4.78 is 10.6. The lowest BCUT2D eigenvalue weighted by molar-refractivity contribution is -0.389. The molecule has 0 atom stereocenters. The van der Waals surface area contributed by atoms with E-state index in [0.29, 0.717) is 28.5 Å². The highest BCUT2D eigenvalue weighted by Gasteiger charge is 2.16. The number of hydrogen-bond donors (Lipinski definition) is 1. The summed E-state index contributed by atoms with van der Waals surface area (Å²) in [6, 6.07) is 10.4. The van der Waals surface area contributed by atoms with Gasteiger partial charge in [0.25, 0.3) is 0 Å². The number of H-pyrrole nitrogens is 1. The molecule has 1 aliphatic heterocycles. The average molecular weight is 310 g/mol. The molecule has 0 saturated carbocycles. The van der Waals surface area contributed by atoms with Crippen LogP contribution in [0.1, 0.15) is 0 Å². The van der Waals surface area contributed by atoms with E-state index in [2.05, 4.69) is 15.2 Å². The van der Waals surface area contributed by atoms with E-state index in [1.165, 1.54) is 12.3 Å². The van der Waals surface area contributed by atoms with Gasteiger partial charge in [0.15, 0.2) is 11.5 Å². The quantitative estimate of drug-likeness (QED) is 0.589. The maximum absolute atomic E-state index is 10.8. The van der Waals surface area contributed by atoms with E-state index >= 15 is 0 Å². The molecule has 0 fully saturated rings. The Morgan fingerprint density at radius 2 is 1.96 bits per heavy atom. The SMILES string of the molecule is O=[N+]([O-])c1cc(-c2cc(-c3ccc4c(c3)OCO4)n[nH]2)ccn1. The van der Waals surface area contributed by atoms with Crippen molar-refractivity contribution in [3.8, 4) is 34.0 Å². The van der Waals surface area contributed by atoms with Crippen LogP contribution in [-0.2, 0) is 0 Å². The van der Waals surface area contributed by atoms with E-state index in [9.17, 15) is 10.1 Å². The van der Waals surface area contributed by atoms with Crippen LogP contribution in [0.5, 0.6) is 11.5 Å². The van der Waals surface area contributed by atoms with Crippen LogP contribution in [-0.4, -0.2) is 26.9 Å². The van der Waals surface area contributed by atoms with Crippen molar-refractivity contribution in [3.63, 3.8) is 0 Å². The number of pyridine rings is 1. The highest BCUT2D eigenvalue weighted by Crippen LogP contribution is 2.36. The van der Waals surface area contributed by atoms with Crippen molar-refractivity contribution in [3.05, 3.63) is 52.7 Å². The molecule has 4 rings (SSSR count). The number of aromatic amines is 1. The molecule has 0 unspecified atom stereocenters. The topological polar surface area (TPSA) is 103 Å². The van der Waals surface area contributed by atoms with Gasteiger partial charge in [-0.3, -0.25) is 5.10 Å². The van der Waals surface area contributed by atoms with Gasteiger partial charge in [0.1, 0.15) is 6.20 Å². The molecule has 0 spiro atoms. The Morgan fingerprint density at radius 1 is 1.09 bits per heavy atom. The number of fused-ring (bicyclic) bond motifs is 1. The zero-order valence-electron chi connectivity index (χ0n) is 11.7. The number of benzene rings is 1. The largest absolute Gasteiger partial charge is 0.454 e. The molecule has 1 aromatic carbocycles. The molecule has 23 heavy (non-hydrogen) atoms. The molecule has 0 amide bonds. The maximum atomic E-state index is 10.8. The summed E-state index contributed by atoms with van der Waals surface area (Å²) in [6.07, 6.45) is 1.40. The molecule has 3 aromatic rings. The Morgan fingerprint density at radius 3 is 2.83 bits per heavy atom. The summed E-state index contributed by atoms with van der Waals surface area (Å²) in [5, 5.41) is 17.9. The molecule has 114 valence electrons. The molecular weight excluding hydrogens is 300 g/mol. The number of hydrogen-bond acceptors (Lipinski definition) is 6. The lowest BCUT2D eigenvalue weighted by Gasteiger charge is -1.99. The average Bonchev–Trinajstić information content (AvgIpc) is 3.23. The third-order valence-electron chi connectivity index (χ3n) is 3.49. The molecule has 1 aliphatic rings. The van der Waals surface area contributed by atoms with Crippen LogP contribution < -0.4 is 9.47 Å². The van der Waals surface area contributed by atoms with Gasteiger partial charge >= 0.3 is 5.82 Å². The minimum atomic E-state index is -0.529. The summed E-state index contributed by atoms with van der Waals surface area (Å²) in [5.74, 6) is 1.17. The summed E-state index contributed by atoms with van der Waals surface area (Å²) in [6.45, 7) is 0.214. The summed E-state index contributed by atoms with van der Waals surface area (Å²) in [7, 11) is 0. The fourth-order valence-corrected chi connectivity index (χ4v) is 2.36. The molecule has 0 radical (unpaired) electrons. The van der Waals surface area contributed by atoms with Crippen molar-refractivity contribution < 1.29 is 14.4 Å². The Labute approximate surface area is 129 Å². The molecule has 0 aliphatic carbocycles. The van der Waals surface area contributed by atoms with Gasteiger partial charge in [-0.2, -0.15) is 5.10 Å². The Balaban J connectivity index is 1.69. The van der Waals surface area contributed by atoms with Gasteiger partial charge < -0.3 is 19.6 Å². The minimum absolute atomic E-state index is 0.207. The predicted octanol–water partition coefficient (Wildman–Crippen LogP) is 2.78. The van der Waals surface area contributed by atoms with E-state index in [4.69, 9.17) is 9.47 Å². The van der Waals surface area contributed by atoms with Crippen LogP contribution in [0.2, 0.25) is 0 Å². The highest BCUT2D eigenvalue weighted by molar-refractivity contribution is 5.70. The molecule has 2 aromatic heterocycles. The second-order valence-corrected chi connectivity index (χ2v) is 4.89. The Hall–Kier alpha value is -3.42. The molecule has 8 heteroatoms. The second-order valence-electron chi connectivity index (χ2n) is 4.89. The van der Waals surface area contributed by atoms with Crippen LogP contribution >= 0.6 is 0 Å². The van der Waals surface area contributed by atoms with Gasteiger partial charge in [-0.15, -0.1) is 0 Å². The lowest BCUT2D eigenvalue weighted by atomic mass is 10.1. The van der Waals surface area contributed by atoms with Crippen molar-refractivity contribution in [2.45, 2.75) is 0 Å². The first-order valence-electron chi connectivity index (χ1n) is 6.77. The van der Waals surface area contributed by atoms with Gasteiger partial charge in [-0.1, -0.05) is 0 Å². The van der Waals surface area contributed by atoms with Crippen molar-refractivity contribution in [2.24, 2.45) is 0 Å². The van der Waals surface area contributed by atoms with Gasteiger partial charge in [0.2, 0.25) is 6.79 Å². The monoisotopic (exact) mass is 310 g/mol. The van der Waals surface area contributed by atoms with E-state index in [-0.39, 0.29) is 12.6 Å². The predicted molar refractivity (Wildman–Crippen MR) is 80.0 cm³/mol. The first kappa shape index (κ1) is 13.3. The lowest BCUT2D eigenvalue weighted by Crippen LogP contribution is -1.92. The number of ether oxygens (including phenoxy) is 2. The summed E-state index contributed by atoms with van der Waals surface area (Å²) in [5.41, 5.74) is 2.88. The standard InChI is InChI=1S/C15H10N4O4/c20-19(21)15-6-10(3-4-16-15)12-7-11(17-18-12)9-1-2-13-14(5-9)23-8-22-13/h1-7H,8H2,(H,17,18). The fourth-order valence-electron chi connectivity index (χ4n) is 2.36. The fraction of sp³-hybridized carbons (Fsp3) is 0.0667. The van der Waals surface area contributed by atoms with Crippen LogP contribution in [0.15, 0.2) is 42.6 Å². The third-order valence-corrected chi connectivity index (χ3v) is 3.49. The Kier molecular flexibility index (Phi) is 2.94. The summed E-state index contributed by atoms with van der Waals surface area (Å²) >= 11 is 0. The van der Waals surface area contributed by atoms with E-state index < -0.39 is 4.92 Å². The Bertz CT molecular complexity index is 906. The van der Waals surface area contributed by atoms with Crippen LogP contribution in [0.3, 0.4) is 0 Å². The van der Waals surface area contributed by atoms with Crippen LogP contribution in [0.4, 0.5) is 5.82 Å². The van der Waals surface area contributed by atoms with Crippen molar-refractivity contribution in [1.29, 1.82) is 0 Å². The zero-order valence-corrected chi connectivity index (χ0v) is 11.7. The number of nitrogens with one attached hydrogen (secondary N) is 1. The number of rotatable bonds is 3. The van der Waals surface area contributed by atoms with Crippen molar-refractivity contribution in [1.82, 2.24) is 15.2 Å². The van der Waals surface area contributed by atoms with Crippen LogP contribution in [0.25, 0.3) is 22.5 Å². The molecule has 3 heterocycles. The number of nitrogens with zero attached hydrogens (tertiary/aromatic N) is 3. The first-order chi connectivity index (χ1) is 11.2. The zero-order chi connectivity index (χ0) is 15.8. The highest BCUT2D eigenvalue weighted by atomic mass is 16.7. The van der Waals surface area contributed by atoms with E-state index in [1.54, 1.807) is 6.07 Å². The van der Waals surface area contributed by atoms with Gasteiger partial charge in [-0.05, 0) is 40.2 Å².